The molecule has 4 rings (SSSR count). The summed E-state index contributed by atoms with van der Waals surface area (Å²) in [7, 11) is 2.06. The molecule has 0 unspecified atom stereocenters. The number of ether oxygens (including phenoxy) is 3. The smallest absolute Gasteiger partial charge is 0.260 e. The fraction of sp³-hybridized carbons (Fsp3) is 0.500. The lowest BCUT2D eigenvalue weighted by atomic mass is 10.1. The van der Waals surface area contributed by atoms with E-state index in [1.165, 1.54) is 0 Å². The van der Waals surface area contributed by atoms with Crippen LogP contribution >= 0.6 is 0 Å². The summed E-state index contributed by atoms with van der Waals surface area (Å²) in [5.74, 6) is 2.17. The lowest BCUT2D eigenvalue weighted by Gasteiger charge is -2.28. The van der Waals surface area contributed by atoms with Crippen molar-refractivity contribution in [3.05, 3.63) is 48.0 Å². The van der Waals surface area contributed by atoms with Crippen LogP contribution in [-0.2, 0) is 16.1 Å². The summed E-state index contributed by atoms with van der Waals surface area (Å²) in [6, 6.07) is 13.3. The first kappa shape index (κ1) is 25.8. The van der Waals surface area contributed by atoms with Crippen molar-refractivity contribution in [2.45, 2.75) is 33.2 Å². The van der Waals surface area contributed by atoms with Crippen LogP contribution < -0.4 is 19.1 Å². The zero-order valence-corrected chi connectivity index (χ0v) is 21.6. The molecule has 0 aliphatic carbocycles. The summed E-state index contributed by atoms with van der Waals surface area (Å²) in [4.78, 5) is 32.4. The van der Waals surface area contributed by atoms with Crippen molar-refractivity contribution in [3.63, 3.8) is 0 Å². The lowest BCUT2D eigenvalue weighted by molar-refractivity contribution is -0.134. The molecule has 0 N–H and O–H groups in total. The molecular weight excluding hydrogens is 458 g/mol. The molecule has 8 nitrogen and oxygen atoms in total. The number of hydrogen-bond donors (Lipinski definition) is 0. The fourth-order valence-corrected chi connectivity index (χ4v) is 4.50. The molecule has 2 heterocycles. The van der Waals surface area contributed by atoms with Gasteiger partial charge in [-0.25, -0.2) is 0 Å². The third-order valence-corrected chi connectivity index (χ3v) is 6.43. The zero-order valence-electron chi connectivity index (χ0n) is 21.6. The molecule has 2 aromatic carbocycles. The van der Waals surface area contributed by atoms with Gasteiger partial charge in [0.1, 0.15) is 19.0 Å². The first-order valence-corrected chi connectivity index (χ1v) is 12.8. The molecule has 2 aliphatic heterocycles. The Morgan fingerprint density at radius 1 is 0.944 bits per heavy atom. The average Bonchev–Trinajstić information content (AvgIpc) is 2.90. The van der Waals surface area contributed by atoms with Crippen molar-refractivity contribution < 1.29 is 23.8 Å². The Kier molecular flexibility index (Phi) is 8.70. The Bertz CT molecular complexity index is 1060. The number of carbonyl (C=O) groups excluding carboxylic acids is 2. The fourth-order valence-electron chi connectivity index (χ4n) is 4.50. The van der Waals surface area contributed by atoms with E-state index < -0.39 is 0 Å². The molecule has 0 bridgehead atoms. The van der Waals surface area contributed by atoms with Crippen LogP contribution in [0.25, 0.3) is 0 Å². The molecule has 0 saturated heterocycles. The van der Waals surface area contributed by atoms with Crippen molar-refractivity contribution in [1.82, 2.24) is 9.80 Å². The number of anilines is 1. The summed E-state index contributed by atoms with van der Waals surface area (Å²) in [5.41, 5.74) is 1.85. The molecule has 0 atom stereocenters. The van der Waals surface area contributed by atoms with Crippen molar-refractivity contribution in [2.24, 2.45) is 5.92 Å². The molecule has 0 saturated carbocycles. The van der Waals surface area contributed by atoms with E-state index in [1.807, 2.05) is 34.1 Å². The van der Waals surface area contributed by atoms with Gasteiger partial charge >= 0.3 is 0 Å². The Morgan fingerprint density at radius 3 is 2.53 bits per heavy atom. The first-order chi connectivity index (χ1) is 17.4. The van der Waals surface area contributed by atoms with Crippen LogP contribution in [0.2, 0.25) is 0 Å². The van der Waals surface area contributed by atoms with E-state index in [2.05, 4.69) is 25.8 Å². The second kappa shape index (κ2) is 12.1. The molecule has 194 valence electrons. The second-order valence-electron chi connectivity index (χ2n) is 9.84. The van der Waals surface area contributed by atoms with Gasteiger partial charge in [-0.1, -0.05) is 32.0 Å². The minimum Gasteiger partial charge on any atom is -0.486 e. The highest BCUT2D eigenvalue weighted by Crippen LogP contribution is 2.33. The van der Waals surface area contributed by atoms with Crippen LogP contribution in [-0.4, -0.2) is 74.7 Å². The second-order valence-corrected chi connectivity index (χ2v) is 9.84. The molecule has 0 fully saturated rings. The van der Waals surface area contributed by atoms with E-state index in [0.29, 0.717) is 56.5 Å². The Balaban J connectivity index is 1.51. The van der Waals surface area contributed by atoms with Gasteiger partial charge in [-0.05, 0) is 49.7 Å². The maximum absolute atomic E-state index is 13.3. The number of rotatable bonds is 5. The first-order valence-electron chi connectivity index (χ1n) is 12.8. The molecule has 2 amide bonds. The lowest BCUT2D eigenvalue weighted by Crippen LogP contribution is -2.39. The summed E-state index contributed by atoms with van der Waals surface area (Å²) < 4.78 is 17.0. The highest BCUT2D eigenvalue weighted by Gasteiger charge is 2.24. The van der Waals surface area contributed by atoms with Crippen LogP contribution in [0.3, 0.4) is 0 Å². The van der Waals surface area contributed by atoms with Gasteiger partial charge in [0.05, 0.1) is 0 Å². The third kappa shape index (κ3) is 6.69. The molecule has 36 heavy (non-hydrogen) atoms. The van der Waals surface area contributed by atoms with E-state index in [0.717, 1.165) is 30.8 Å². The van der Waals surface area contributed by atoms with Gasteiger partial charge in [0.2, 0.25) is 5.91 Å². The Hall–Kier alpha value is -3.26. The van der Waals surface area contributed by atoms with Gasteiger partial charge in [0.25, 0.3) is 5.91 Å². The standard InChI is InChI=1S/C28H37N3O5/c1-21(2)17-27(32)31-12-6-11-29(3)13-14-30(19-22-7-4-5-8-24(22)31)28(33)20-36-23-9-10-25-26(18-23)35-16-15-34-25/h4-5,7-10,18,21H,6,11-17,19-20H2,1-3H3. The van der Waals surface area contributed by atoms with Crippen molar-refractivity contribution in [1.29, 1.82) is 0 Å². The number of hydrogen-bond acceptors (Lipinski definition) is 6. The number of para-hydroxylation sites is 1. The van der Waals surface area contributed by atoms with E-state index in [9.17, 15) is 9.59 Å². The van der Waals surface area contributed by atoms with Gasteiger partial charge in [0.15, 0.2) is 18.1 Å². The molecule has 0 aromatic heterocycles. The third-order valence-electron chi connectivity index (χ3n) is 6.43. The molecule has 0 spiro atoms. The minimum atomic E-state index is -0.104. The van der Waals surface area contributed by atoms with Crippen molar-refractivity contribution >= 4 is 17.5 Å². The van der Waals surface area contributed by atoms with Gasteiger partial charge < -0.3 is 28.9 Å². The molecule has 0 radical (unpaired) electrons. The number of likely N-dealkylation sites (N-methyl/N-ethyl adjacent to an activating group) is 1. The van der Waals surface area contributed by atoms with E-state index in [1.54, 1.807) is 18.2 Å². The Labute approximate surface area is 213 Å². The van der Waals surface area contributed by atoms with Gasteiger partial charge in [-0.15, -0.1) is 0 Å². The molecular formula is C28H37N3O5. The van der Waals surface area contributed by atoms with E-state index >= 15 is 0 Å². The summed E-state index contributed by atoms with van der Waals surface area (Å²) >= 11 is 0. The normalized spacial score (nSPS) is 16.8. The minimum absolute atomic E-state index is 0.0818. The number of fused-ring (bicyclic) bond motifs is 2. The maximum atomic E-state index is 13.3. The van der Waals surface area contributed by atoms with Gasteiger partial charge in [-0.2, -0.15) is 0 Å². The van der Waals surface area contributed by atoms with Crippen LogP contribution in [0.5, 0.6) is 17.2 Å². The van der Waals surface area contributed by atoms with E-state index in [-0.39, 0.29) is 24.3 Å². The zero-order chi connectivity index (χ0) is 25.5. The molecule has 8 heteroatoms. The average molecular weight is 496 g/mol. The number of amides is 2. The van der Waals surface area contributed by atoms with Crippen LogP contribution in [0.15, 0.2) is 42.5 Å². The highest BCUT2D eigenvalue weighted by molar-refractivity contribution is 5.94. The van der Waals surface area contributed by atoms with Gasteiger partial charge in [-0.3, -0.25) is 9.59 Å². The van der Waals surface area contributed by atoms with Crippen LogP contribution in [0.4, 0.5) is 5.69 Å². The highest BCUT2D eigenvalue weighted by atomic mass is 16.6. The number of nitrogens with zero attached hydrogens (tertiary/aromatic N) is 3. The maximum Gasteiger partial charge on any atom is 0.260 e. The van der Waals surface area contributed by atoms with Crippen LogP contribution in [0.1, 0.15) is 32.3 Å². The monoisotopic (exact) mass is 495 g/mol. The van der Waals surface area contributed by atoms with Crippen molar-refractivity contribution in [3.8, 4) is 17.2 Å². The topological polar surface area (TPSA) is 71.6 Å². The van der Waals surface area contributed by atoms with E-state index in [4.69, 9.17) is 14.2 Å². The summed E-state index contributed by atoms with van der Waals surface area (Å²) in [6.45, 7) is 8.31. The Morgan fingerprint density at radius 2 is 1.72 bits per heavy atom. The SMILES string of the molecule is CC(C)CC(=O)N1CCCN(C)CCN(C(=O)COc2ccc3c(c2)OCCO3)Cc2ccccc21. The largest absolute Gasteiger partial charge is 0.486 e. The van der Waals surface area contributed by atoms with Gasteiger partial charge in [0, 0.05) is 44.4 Å². The summed E-state index contributed by atoms with van der Waals surface area (Å²) in [5, 5.41) is 0. The molecule has 2 aromatic rings. The molecule has 2 aliphatic rings. The predicted octanol–water partition coefficient (Wildman–Crippen LogP) is 3.58. The number of benzene rings is 2. The number of carbonyl (C=O) groups is 2. The van der Waals surface area contributed by atoms with Crippen LogP contribution in [0, 0.1) is 5.92 Å². The van der Waals surface area contributed by atoms with Crippen molar-refractivity contribution in [2.75, 3.05) is 57.9 Å². The summed E-state index contributed by atoms with van der Waals surface area (Å²) in [6.07, 6.45) is 1.37. The predicted molar refractivity (Wildman–Crippen MR) is 139 cm³/mol. The quantitative estimate of drug-likeness (QED) is 0.632.